The van der Waals surface area contributed by atoms with Crippen molar-refractivity contribution in [3.05, 3.63) is 83.1 Å². The van der Waals surface area contributed by atoms with Gasteiger partial charge in [-0.3, -0.25) is 0 Å². The van der Waals surface area contributed by atoms with E-state index < -0.39 is 11.4 Å². The zero-order chi connectivity index (χ0) is 14.5. The Morgan fingerprint density at radius 2 is 1.62 bits per heavy atom. The lowest BCUT2D eigenvalue weighted by Gasteiger charge is -2.57. The molecule has 2 aromatic carbocycles. The van der Waals surface area contributed by atoms with Crippen molar-refractivity contribution in [1.82, 2.24) is 0 Å². The van der Waals surface area contributed by atoms with E-state index in [0.717, 1.165) is 16.1 Å². The molecule has 2 heterocycles. The highest BCUT2D eigenvalue weighted by molar-refractivity contribution is 6.30. The second-order valence-corrected chi connectivity index (χ2v) is 6.09. The van der Waals surface area contributed by atoms with Gasteiger partial charge >= 0.3 is 0 Å². The highest BCUT2D eigenvalue weighted by atomic mass is 35.5. The summed E-state index contributed by atoms with van der Waals surface area (Å²) in [5.41, 5.74) is 1.72. The Morgan fingerprint density at radius 1 is 0.952 bits per heavy atom. The normalized spacial score (nSPS) is 33.1. The zero-order valence-corrected chi connectivity index (χ0v) is 12.4. The SMILES string of the molecule is C[C@]12OC=C[C@H]1C(c1ccccc1)(c1ccc(Cl)cc1)O2. The van der Waals surface area contributed by atoms with E-state index in [9.17, 15) is 0 Å². The second-order valence-electron chi connectivity index (χ2n) is 5.65. The van der Waals surface area contributed by atoms with Crippen LogP contribution < -0.4 is 0 Å². The number of halogens is 1. The van der Waals surface area contributed by atoms with Crippen LogP contribution in [-0.4, -0.2) is 5.79 Å². The average Bonchev–Trinajstić information content (AvgIpc) is 2.80. The molecule has 21 heavy (non-hydrogen) atoms. The molecule has 1 unspecified atom stereocenters. The number of ether oxygens (including phenoxy) is 2. The smallest absolute Gasteiger partial charge is 0.217 e. The number of rotatable bonds is 2. The number of hydrogen-bond donors (Lipinski definition) is 0. The van der Waals surface area contributed by atoms with Crippen LogP contribution >= 0.6 is 11.6 Å². The average molecular weight is 299 g/mol. The van der Waals surface area contributed by atoms with Gasteiger partial charge < -0.3 is 9.47 Å². The first-order chi connectivity index (χ1) is 10.2. The molecule has 2 nitrogen and oxygen atoms in total. The maximum atomic E-state index is 6.32. The first kappa shape index (κ1) is 12.9. The Bertz CT molecular complexity index is 695. The van der Waals surface area contributed by atoms with Crippen LogP contribution in [-0.2, 0) is 15.1 Å². The van der Waals surface area contributed by atoms with E-state index in [1.807, 2.05) is 49.4 Å². The molecule has 0 amide bonds. The van der Waals surface area contributed by atoms with Crippen LogP contribution in [0.4, 0.5) is 0 Å². The molecule has 106 valence electrons. The van der Waals surface area contributed by atoms with Gasteiger partial charge in [0, 0.05) is 11.9 Å². The van der Waals surface area contributed by atoms with Crippen molar-refractivity contribution in [1.29, 1.82) is 0 Å². The van der Waals surface area contributed by atoms with Gasteiger partial charge in [0.25, 0.3) is 0 Å². The molecule has 0 aliphatic carbocycles. The third kappa shape index (κ3) is 1.69. The molecule has 4 rings (SSSR count). The van der Waals surface area contributed by atoms with Gasteiger partial charge in [-0.25, -0.2) is 0 Å². The van der Waals surface area contributed by atoms with Crippen molar-refractivity contribution < 1.29 is 9.47 Å². The summed E-state index contributed by atoms with van der Waals surface area (Å²) in [5.74, 6) is -0.427. The molecule has 1 saturated heterocycles. The Kier molecular flexibility index (Phi) is 2.69. The van der Waals surface area contributed by atoms with Crippen molar-refractivity contribution in [3.8, 4) is 0 Å². The van der Waals surface area contributed by atoms with E-state index in [1.165, 1.54) is 0 Å². The predicted molar refractivity (Wildman–Crippen MR) is 81.9 cm³/mol. The molecule has 0 N–H and O–H groups in total. The molecule has 0 saturated carbocycles. The largest absolute Gasteiger partial charge is 0.470 e. The Hall–Kier alpha value is -1.77. The highest BCUT2D eigenvalue weighted by Crippen LogP contribution is 2.60. The van der Waals surface area contributed by atoms with Gasteiger partial charge in [0.05, 0.1) is 12.2 Å². The molecule has 0 radical (unpaired) electrons. The van der Waals surface area contributed by atoms with E-state index >= 15 is 0 Å². The van der Waals surface area contributed by atoms with Crippen molar-refractivity contribution in [2.75, 3.05) is 0 Å². The summed E-state index contributed by atoms with van der Waals surface area (Å²) >= 11 is 6.03. The lowest BCUT2D eigenvalue weighted by molar-refractivity contribution is -0.372. The van der Waals surface area contributed by atoms with Gasteiger partial charge in [0.1, 0.15) is 5.60 Å². The van der Waals surface area contributed by atoms with E-state index in [-0.39, 0.29) is 5.92 Å². The zero-order valence-electron chi connectivity index (χ0n) is 11.6. The summed E-state index contributed by atoms with van der Waals surface area (Å²) in [5, 5.41) is 0.724. The summed E-state index contributed by atoms with van der Waals surface area (Å²) in [6.45, 7) is 1.98. The summed E-state index contributed by atoms with van der Waals surface area (Å²) in [7, 11) is 0. The first-order valence-electron chi connectivity index (χ1n) is 7.01. The summed E-state index contributed by atoms with van der Waals surface area (Å²) in [6.07, 6.45) is 3.83. The number of benzene rings is 2. The lowest BCUT2D eigenvalue weighted by Crippen LogP contribution is -2.63. The molecule has 3 heteroatoms. The molecule has 2 aliphatic heterocycles. The molecule has 1 fully saturated rings. The molecule has 0 aromatic heterocycles. The monoisotopic (exact) mass is 298 g/mol. The minimum absolute atomic E-state index is 0.147. The van der Waals surface area contributed by atoms with Crippen LogP contribution in [0, 0.1) is 5.92 Å². The van der Waals surface area contributed by atoms with Gasteiger partial charge in [-0.2, -0.15) is 0 Å². The fourth-order valence-electron chi connectivity index (χ4n) is 3.45. The van der Waals surface area contributed by atoms with E-state index in [1.54, 1.807) is 6.26 Å². The summed E-state index contributed by atoms with van der Waals surface area (Å²) in [6, 6.07) is 18.1. The van der Waals surface area contributed by atoms with Crippen LogP contribution in [0.15, 0.2) is 66.9 Å². The maximum Gasteiger partial charge on any atom is 0.217 e. The van der Waals surface area contributed by atoms with Crippen molar-refractivity contribution in [2.24, 2.45) is 5.92 Å². The molecule has 0 spiro atoms. The fourth-order valence-corrected chi connectivity index (χ4v) is 3.57. The van der Waals surface area contributed by atoms with Gasteiger partial charge in [-0.1, -0.05) is 54.1 Å². The van der Waals surface area contributed by atoms with Crippen molar-refractivity contribution in [3.63, 3.8) is 0 Å². The van der Waals surface area contributed by atoms with Gasteiger partial charge in [-0.05, 0) is 29.3 Å². The minimum Gasteiger partial charge on any atom is -0.470 e. The van der Waals surface area contributed by atoms with E-state index in [0.29, 0.717) is 0 Å². The minimum atomic E-state index is -0.574. The van der Waals surface area contributed by atoms with Crippen LogP contribution in [0.25, 0.3) is 0 Å². The van der Waals surface area contributed by atoms with Crippen LogP contribution in [0.1, 0.15) is 18.1 Å². The van der Waals surface area contributed by atoms with E-state index in [4.69, 9.17) is 21.1 Å². The maximum absolute atomic E-state index is 6.32. The molecular formula is C18H15ClO2. The van der Waals surface area contributed by atoms with Crippen LogP contribution in [0.3, 0.4) is 0 Å². The number of hydrogen-bond acceptors (Lipinski definition) is 2. The molecule has 2 aromatic rings. The lowest BCUT2D eigenvalue weighted by atomic mass is 9.68. The third-order valence-corrected chi connectivity index (χ3v) is 4.67. The molecule has 0 bridgehead atoms. The van der Waals surface area contributed by atoms with Gasteiger partial charge in [0.15, 0.2) is 0 Å². The van der Waals surface area contributed by atoms with Crippen molar-refractivity contribution in [2.45, 2.75) is 18.3 Å². The fraction of sp³-hybridized carbons (Fsp3) is 0.222. The quantitative estimate of drug-likeness (QED) is 0.813. The Morgan fingerprint density at radius 3 is 2.29 bits per heavy atom. The Balaban J connectivity index is 1.89. The summed E-state index contributed by atoms with van der Waals surface area (Å²) in [4.78, 5) is 0. The summed E-state index contributed by atoms with van der Waals surface area (Å²) < 4.78 is 12.0. The van der Waals surface area contributed by atoms with Gasteiger partial charge in [0.2, 0.25) is 5.79 Å². The van der Waals surface area contributed by atoms with Crippen molar-refractivity contribution >= 4 is 11.6 Å². The van der Waals surface area contributed by atoms with Gasteiger partial charge in [-0.15, -0.1) is 0 Å². The first-order valence-corrected chi connectivity index (χ1v) is 7.39. The highest BCUT2D eigenvalue weighted by Gasteiger charge is 2.66. The Labute approximate surface area is 129 Å². The predicted octanol–water partition coefficient (Wildman–Crippen LogP) is 4.49. The molecule has 3 atom stereocenters. The second kappa shape index (κ2) is 4.36. The number of fused-ring (bicyclic) bond motifs is 1. The third-order valence-electron chi connectivity index (χ3n) is 4.42. The van der Waals surface area contributed by atoms with Crippen LogP contribution in [0.2, 0.25) is 5.02 Å². The molecule has 2 aliphatic rings. The topological polar surface area (TPSA) is 18.5 Å². The van der Waals surface area contributed by atoms with E-state index in [2.05, 4.69) is 18.2 Å². The van der Waals surface area contributed by atoms with Crippen LogP contribution in [0.5, 0.6) is 0 Å². The standard InChI is InChI=1S/C18H15ClO2/c1-17-16(11-12-20-17)18(21-17,13-5-3-2-4-6-13)14-7-9-15(19)10-8-14/h2-12,16H,1H3/t16-,17-,18?/m1/s1. The molecular weight excluding hydrogens is 284 g/mol.